The molecular weight excluding hydrogens is 291 g/mol. The summed E-state index contributed by atoms with van der Waals surface area (Å²) in [6.07, 6.45) is 0.803. The molecule has 2 N–H and O–H groups in total. The highest BCUT2D eigenvalue weighted by atomic mass is 32.2. The van der Waals surface area contributed by atoms with E-state index in [1.54, 1.807) is 0 Å². The molecule has 1 saturated heterocycles. The monoisotopic (exact) mass is 310 g/mol. The van der Waals surface area contributed by atoms with Crippen molar-refractivity contribution in [1.82, 2.24) is 4.31 Å². The van der Waals surface area contributed by atoms with Crippen LogP contribution in [0.1, 0.15) is 25.8 Å². The molecule has 0 aliphatic carbocycles. The van der Waals surface area contributed by atoms with Gasteiger partial charge in [0.1, 0.15) is 5.82 Å². The molecule has 1 fully saturated rings. The van der Waals surface area contributed by atoms with Gasteiger partial charge in [0.25, 0.3) is 0 Å². The predicted molar refractivity (Wildman–Crippen MR) is 79.5 cm³/mol. The SMILES string of the molecule is CC1(C)CCN(S(=O)(=O)c2ccc(F)cc2C#CCN)C1. The molecule has 1 aromatic rings. The number of benzene rings is 1. The van der Waals surface area contributed by atoms with Crippen LogP contribution in [0.3, 0.4) is 0 Å². The summed E-state index contributed by atoms with van der Waals surface area (Å²) < 4.78 is 40.2. The molecule has 0 bridgehead atoms. The highest BCUT2D eigenvalue weighted by Gasteiger charge is 2.37. The van der Waals surface area contributed by atoms with Gasteiger partial charge in [-0.15, -0.1) is 0 Å². The lowest BCUT2D eigenvalue weighted by Crippen LogP contribution is -2.31. The third kappa shape index (κ3) is 3.43. The maximum atomic E-state index is 13.4. The zero-order valence-corrected chi connectivity index (χ0v) is 13.0. The van der Waals surface area contributed by atoms with Crippen molar-refractivity contribution in [3.8, 4) is 11.8 Å². The predicted octanol–water partition coefficient (Wildman–Crippen LogP) is 1.56. The van der Waals surface area contributed by atoms with Crippen molar-refractivity contribution in [2.45, 2.75) is 25.2 Å². The summed E-state index contributed by atoms with van der Waals surface area (Å²) >= 11 is 0. The highest BCUT2D eigenvalue weighted by molar-refractivity contribution is 7.89. The molecular formula is C15H19FN2O2S. The molecule has 0 atom stereocenters. The molecule has 4 nitrogen and oxygen atoms in total. The summed E-state index contributed by atoms with van der Waals surface area (Å²) in [4.78, 5) is 0.0440. The largest absolute Gasteiger partial charge is 0.320 e. The fourth-order valence-corrected chi connectivity index (χ4v) is 4.14. The standard InChI is InChI=1S/C15H19FN2O2S/c1-15(2)7-9-18(11-15)21(19,20)14-6-5-13(16)10-12(14)4-3-8-17/h5-6,10H,7-9,11,17H2,1-2H3. The van der Waals surface area contributed by atoms with Crippen LogP contribution in [-0.2, 0) is 10.0 Å². The summed E-state index contributed by atoms with van der Waals surface area (Å²) in [5.41, 5.74) is 5.42. The van der Waals surface area contributed by atoms with E-state index in [0.717, 1.165) is 18.6 Å². The topological polar surface area (TPSA) is 63.4 Å². The van der Waals surface area contributed by atoms with Crippen molar-refractivity contribution in [2.75, 3.05) is 19.6 Å². The molecule has 0 saturated carbocycles. The summed E-state index contributed by atoms with van der Waals surface area (Å²) in [7, 11) is -3.66. The number of nitrogens with zero attached hydrogens (tertiary/aromatic N) is 1. The van der Waals surface area contributed by atoms with Crippen LogP contribution in [0.5, 0.6) is 0 Å². The van der Waals surface area contributed by atoms with Crippen molar-refractivity contribution in [3.05, 3.63) is 29.6 Å². The molecule has 21 heavy (non-hydrogen) atoms. The smallest absolute Gasteiger partial charge is 0.244 e. The van der Waals surface area contributed by atoms with Crippen molar-refractivity contribution in [2.24, 2.45) is 11.1 Å². The maximum absolute atomic E-state index is 13.4. The molecule has 114 valence electrons. The van der Waals surface area contributed by atoms with Crippen molar-refractivity contribution in [3.63, 3.8) is 0 Å². The van der Waals surface area contributed by atoms with Crippen molar-refractivity contribution < 1.29 is 12.8 Å². The quantitative estimate of drug-likeness (QED) is 0.843. The number of rotatable bonds is 2. The Morgan fingerprint density at radius 2 is 2.14 bits per heavy atom. The van der Waals surface area contributed by atoms with Crippen LogP contribution in [0.2, 0.25) is 0 Å². The molecule has 0 amide bonds. The zero-order chi connectivity index (χ0) is 15.7. The van der Waals surface area contributed by atoms with Crippen LogP contribution in [0.25, 0.3) is 0 Å². The summed E-state index contributed by atoms with van der Waals surface area (Å²) in [6, 6.07) is 3.55. The lowest BCUT2D eigenvalue weighted by Gasteiger charge is -2.20. The Morgan fingerprint density at radius 1 is 1.43 bits per heavy atom. The highest BCUT2D eigenvalue weighted by Crippen LogP contribution is 2.33. The molecule has 2 rings (SSSR count). The fraction of sp³-hybridized carbons (Fsp3) is 0.467. The third-order valence-corrected chi connectivity index (χ3v) is 5.43. The van der Waals surface area contributed by atoms with Gasteiger partial charge in [-0.25, -0.2) is 12.8 Å². The van der Waals surface area contributed by atoms with Crippen LogP contribution >= 0.6 is 0 Å². The Hall–Kier alpha value is -1.42. The van der Waals surface area contributed by atoms with Gasteiger partial charge in [-0.1, -0.05) is 25.7 Å². The van der Waals surface area contributed by atoms with Gasteiger partial charge in [0, 0.05) is 18.7 Å². The minimum atomic E-state index is -3.66. The fourth-order valence-electron chi connectivity index (χ4n) is 2.38. The molecule has 1 aliphatic heterocycles. The van der Waals surface area contributed by atoms with Gasteiger partial charge in [0.15, 0.2) is 0 Å². The lowest BCUT2D eigenvalue weighted by molar-refractivity contribution is 0.375. The molecule has 0 aromatic heterocycles. The molecule has 0 unspecified atom stereocenters. The normalized spacial score (nSPS) is 18.3. The number of sulfonamides is 1. The van der Waals surface area contributed by atoms with E-state index in [4.69, 9.17) is 5.73 Å². The van der Waals surface area contributed by atoms with Crippen LogP contribution in [0.15, 0.2) is 23.1 Å². The first-order chi connectivity index (χ1) is 9.76. The zero-order valence-electron chi connectivity index (χ0n) is 12.2. The van der Waals surface area contributed by atoms with Gasteiger partial charge in [-0.3, -0.25) is 0 Å². The van der Waals surface area contributed by atoms with Crippen LogP contribution < -0.4 is 5.73 Å². The second kappa shape index (κ2) is 5.76. The Labute approximate surface area is 125 Å². The van der Waals surface area contributed by atoms with E-state index in [9.17, 15) is 12.8 Å². The van der Waals surface area contributed by atoms with E-state index in [0.29, 0.717) is 13.1 Å². The van der Waals surface area contributed by atoms with E-state index >= 15 is 0 Å². The molecule has 0 spiro atoms. The molecule has 1 aliphatic rings. The van der Waals surface area contributed by atoms with E-state index in [1.807, 2.05) is 13.8 Å². The molecule has 6 heteroatoms. The van der Waals surface area contributed by atoms with Crippen LogP contribution in [0.4, 0.5) is 4.39 Å². The number of halogens is 1. The van der Waals surface area contributed by atoms with E-state index < -0.39 is 15.8 Å². The van der Waals surface area contributed by atoms with Gasteiger partial charge in [0.05, 0.1) is 11.4 Å². The van der Waals surface area contributed by atoms with E-state index in [-0.39, 0.29) is 22.4 Å². The van der Waals surface area contributed by atoms with Gasteiger partial charge in [-0.2, -0.15) is 4.31 Å². The average Bonchev–Trinajstić information content (AvgIpc) is 2.77. The Bertz CT molecular complexity index is 702. The van der Waals surface area contributed by atoms with Crippen molar-refractivity contribution >= 4 is 10.0 Å². The molecule has 0 radical (unpaired) electrons. The Balaban J connectivity index is 2.45. The van der Waals surface area contributed by atoms with Gasteiger partial charge in [-0.05, 0) is 30.0 Å². The van der Waals surface area contributed by atoms with Gasteiger partial charge < -0.3 is 5.73 Å². The van der Waals surface area contributed by atoms with Crippen LogP contribution in [0, 0.1) is 23.1 Å². The first-order valence-corrected chi connectivity index (χ1v) is 8.19. The number of hydrogen-bond donors (Lipinski definition) is 1. The molecule has 1 heterocycles. The second-order valence-corrected chi connectivity index (χ2v) is 7.81. The average molecular weight is 310 g/mol. The Kier molecular flexibility index (Phi) is 4.38. The lowest BCUT2D eigenvalue weighted by atomic mass is 9.93. The van der Waals surface area contributed by atoms with Gasteiger partial charge >= 0.3 is 0 Å². The minimum absolute atomic E-state index is 0.0440. The van der Waals surface area contributed by atoms with Crippen LogP contribution in [-0.4, -0.2) is 32.4 Å². The summed E-state index contributed by atoms with van der Waals surface area (Å²) in [5.74, 6) is 4.71. The first kappa shape index (κ1) is 16.0. The Morgan fingerprint density at radius 3 is 2.71 bits per heavy atom. The second-order valence-electron chi connectivity index (χ2n) is 5.90. The maximum Gasteiger partial charge on any atom is 0.244 e. The first-order valence-electron chi connectivity index (χ1n) is 6.75. The van der Waals surface area contributed by atoms with Crippen molar-refractivity contribution in [1.29, 1.82) is 0 Å². The van der Waals surface area contributed by atoms with E-state index in [1.165, 1.54) is 10.4 Å². The summed E-state index contributed by atoms with van der Waals surface area (Å²) in [5, 5.41) is 0. The number of nitrogens with two attached hydrogens (primary N) is 1. The third-order valence-electron chi connectivity index (χ3n) is 3.53. The van der Waals surface area contributed by atoms with E-state index in [2.05, 4.69) is 11.8 Å². The summed E-state index contributed by atoms with van der Waals surface area (Å²) in [6.45, 7) is 5.07. The molecule has 1 aromatic carbocycles. The number of hydrogen-bond acceptors (Lipinski definition) is 3. The minimum Gasteiger partial charge on any atom is -0.320 e. The van der Waals surface area contributed by atoms with Gasteiger partial charge in [0.2, 0.25) is 10.0 Å².